The second-order valence-corrected chi connectivity index (χ2v) is 6.67. The molecular formula is C16H22N4OS. The number of carbonyl (C=O) groups is 1. The molecule has 22 heavy (non-hydrogen) atoms. The summed E-state index contributed by atoms with van der Waals surface area (Å²) in [6.45, 7) is 3.71. The van der Waals surface area contributed by atoms with Crippen molar-refractivity contribution < 1.29 is 4.79 Å². The van der Waals surface area contributed by atoms with Crippen LogP contribution in [0.15, 0.2) is 30.0 Å². The quantitative estimate of drug-likeness (QED) is 0.906. The number of thiophene rings is 1. The van der Waals surface area contributed by atoms with E-state index >= 15 is 0 Å². The Kier molecular flexibility index (Phi) is 4.77. The molecule has 2 N–H and O–H groups in total. The zero-order valence-electron chi connectivity index (χ0n) is 12.8. The van der Waals surface area contributed by atoms with Crippen molar-refractivity contribution in [2.45, 2.75) is 38.1 Å². The minimum absolute atomic E-state index is 0.0586. The molecule has 1 saturated heterocycles. The molecule has 5 nitrogen and oxygen atoms in total. The van der Waals surface area contributed by atoms with Gasteiger partial charge >= 0.3 is 6.03 Å². The Morgan fingerprint density at radius 2 is 2.36 bits per heavy atom. The van der Waals surface area contributed by atoms with Gasteiger partial charge in [-0.2, -0.15) is 0 Å². The number of likely N-dealkylation sites (tertiary alicyclic amines) is 1. The highest BCUT2D eigenvalue weighted by Crippen LogP contribution is 2.27. The van der Waals surface area contributed by atoms with Gasteiger partial charge in [-0.1, -0.05) is 13.0 Å². The van der Waals surface area contributed by atoms with E-state index in [0.29, 0.717) is 5.92 Å². The van der Waals surface area contributed by atoms with E-state index in [0.717, 1.165) is 32.4 Å². The van der Waals surface area contributed by atoms with E-state index < -0.39 is 0 Å². The highest BCUT2D eigenvalue weighted by atomic mass is 32.1. The highest BCUT2D eigenvalue weighted by Gasteiger charge is 2.25. The Bertz CT molecular complexity index is 573. The SMILES string of the molecule is CC[C@H](NC(=O)N1CCC(c2cnc[nH]2)CC1)c1cccs1. The zero-order chi connectivity index (χ0) is 15.4. The molecule has 2 aromatic rings. The van der Waals surface area contributed by atoms with Gasteiger partial charge in [0.25, 0.3) is 0 Å². The standard InChI is InChI=1S/C16H22N4OS/c1-2-13(15-4-3-9-22-15)19-16(21)20-7-5-12(6-8-20)14-10-17-11-18-14/h3-4,9-13H,2,5-8H2,1H3,(H,17,18)(H,19,21)/t13-/m0/s1. The van der Waals surface area contributed by atoms with Gasteiger partial charge in [-0.25, -0.2) is 9.78 Å². The lowest BCUT2D eigenvalue weighted by Crippen LogP contribution is -2.45. The number of nitrogens with zero attached hydrogens (tertiary/aromatic N) is 2. The fourth-order valence-electron chi connectivity index (χ4n) is 2.99. The van der Waals surface area contributed by atoms with E-state index in [1.165, 1.54) is 10.6 Å². The number of hydrogen-bond acceptors (Lipinski definition) is 3. The number of rotatable bonds is 4. The van der Waals surface area contributed by atoms with Gasteiger partial charge in [-0.3, -0.25) is 0 Å². The predicted molar refractivity (Wildman–Crippen MR) is 88.0 cm³/mol. The molecule has 1 atom stereocenters. The lowest BCUT2D eigenvalue weighted by molar-refractivity contribution is 0.177. The van der Waals surface area contributed by atoms with E-state index in [1.807, 2.05) is 17.2 Å². The minimum atomic E-state index is 0.0586. The molecule has 0 saturated carbocycles. The molecule has 1 aliphatic heterocycles. The largest absolute Gasteiger partial charge is 0.348 e. The maximum atomic E-state index is 12.5. The monoisotopic (exact) mass is 318 g/mol. The molecular weight excluding hydrogens is 296 g/mol. The van der Waals surface area contributed by atoms with Crippen LogP contribution in [0, 0.1) is 0 Å². The Morgan fingerprint density at radius 3 is 2.95 bits per heavy atom. The number of carbonyl (C=O) groups excluding carboxylic acids is 1. The Balaban J connectivity index is 1.53. The smallest absolute Gasteiger partial charge is 0.317 e. The van der Waals surface area contributed by atoms with Crippen molar-refractivity contribution in [2.24, 2.45) is 0 Å². The van der Waals surface area contributed by atoms with E-state index in [2.05, 4.69) is 33.7 Å². The molecule has 3 rings (SSSR count). The number of amides is 2. The molecule has 0 unspecified atom stereocenters. The number of H-pyrrole nitrogens is 1. The molecule has 0 aromatic carbocycles. The summed E-state index contributed by atoms with van der Waals surface area (Å²) in [5.74, 6) is 0.491. The second kappa shape index (κ2) is 6.96. The number of piperidine rings is 1. The van der Waals surface area contributed by atoms with Gasteiger partial charge in [0, 0.05) is 35.8 Å². The fraction of sp³-hybridized carbons (Fsp3) is 0.500. The first-order valence-electron chi connectivity index (χ1n) is 7.85. The summed E-state index contributed by atoms with van der Waals surface area (Å²) in [7, 11) is 0. The number of hydrogen-bond donors (Lipinski definition) is 2. The summed E-state index contributed by atoms with van der Waals surface area (Å²) >= 11 is 1.70. The van der Waals surface area contributed by atoms with Gasteiger partial charge in [0.2, 0.25) is 0 Å². The molecule has 118 valence electrons. The average molecular weight is 318 g/mol. The zero-order valence-corrected chi connectivity index (χ0v) is 13.6. The molecule has 6 heteroatoms. The normalized spacial score (nSPS) is 17.4. The molecule has 1 fully saturated rings. The first-order chi connectivity index (χ1) is 10.8. The molecule has 1 aliphatic rings. The fourth-order valence-corrected chi connectivity index (χ4v) is 3.85. The van der Waals surface area contributed by atoms with Gasteiger partial charge in [0.05, 0.1) is 12.4 Å². The van der Waals surface area contributed by atoms with Crippen LogP contribution in [0.4, 0.5) is 4.79 Å². The van der Waals surface area contributed by atoms with Crippen LogP contribution in [0.2, 0.25) is 0 Å². The Morgan fingerprint density at radius 1 is 1.55 bits per heavy atom. The first-order valence-corrected chi connectivity index (χ1v) is 8.73. The number of imidazole rings is 1. The van der Waals surface area contributed by atoms with Crippen LogP contribution in [0.5, 0.6) is 0 Å². The van der Waals surface area contributed by atoms with Crippen molar-refractivity contribution >= 4 is 17.4 Å². The third-order valence-electron chi connectivity index (χ3n) is 4.33. The van der Waals surface area contributed by atoms with Crippen LogP contribution in [0.25, 0.3) is 0 Å². The number of aromatic amines is 1. The van der Waals surface area contributed by atoms with Crippen molar-refractivity contribution in [1.29, 1.82) is 0 Å². The summed E-state index contributed by atoms with van der Waals surface area (Å²) in [5.41, 5.74) is 1.19. The minimum Gasteiger partial charge on any atom is -0.348 e. The van der Waals surface area contributed by atoms with E-state index in [9.17, 15) is 4.79 Å². The van der Waals surface area contributed by atoms with E-state index in [1.54, 1.807) is 17.7 Å². The Labute approximate surface area is 134 Å². The molecule has 0 spiro atoms. The maximum Gasteiger partial charge on any atom is 0.317 e. The van der Waals surface area contributed by atoms with Gasteiger partial charge in [0.1, 0.15) is 0 Å². The van der Waals surface area contributed by atoms with Crippen LogP contribution in [-0.2, 0) is 0 Å². The molecule has 0 bridgehead atoms. The van der Waals surface area contributed by atoms with Gasteiger partial charge < -0.3 is 15.2 Å². The lowest BCUT2D eigenvalue weighted by Gasteiger charge is -2.32. The van der Waals surface area contributed by atoms with Crippen LogP contribution >= 0.6 is 11.3 Å². The van der Waals surface area contributed by atoms with E-state index in [4.69, 9.17) is 0 Å². The average Bonchev–Trinajstić information content (AvgIpc) is 3.25. The molecule has 2 aromatic heterocycles. The van der Waals surface area contributed by atoms with E-state index in [-0.39, 0.29) is 12.1 Å². The van der Waals surface area contributed by atoms with Crippen LogP contribution in [-0.4, -0.2) is 34.0 Å². The molecule has 0 radical (unpaired) electrons. The first kappa shape index (κ1) is 15.1. The van der Waals surface area contributed by atoms with Gasteiger partial charge in [-0.15, -0.1) is 11.3 Å². The highest BCUT2D eigenvalue weighted by molar-refractivity contribution is 7.10. The molecule has 0 aliphatic carbocycles. The summed E-state index contributed by atoms with van der Waals surface area (Å²) in [6, 6.07) is 4.30. The van der Waals surface area contributed by atoms with Crippen molar-refractivity contribution in [3.05, 3.63) is 40.6 Å². The second-order valence-electron chi connectivity index (χ2n) is 5.69. The van der Waals surface area contributed by atoms with Crippen LogP contribution in [0.3, 0.4) is 0 Å². The lowest BCUT2D eigenvalue weighted by atomic mass is 9.94. The third kappa shape index (κ3) is 3.32. The van der Waals surface area contributed by atoms with Crippen molar-refractivity contribution in [1.82, 2.24) is 20.2 Å². The summed E-state index contributed by atoms with van der Waals surface area (Å²) in [6.07, 6.45) is 6.51. The Hall–Kier alpha value is -1.82. The summed E-state index contributed by atoms with van der Waals surface area (Å²) in [5, 5.41) is 5.22. The third-order valence-corrected chi connectivity index (χ3v) is 5.32. The topological polar surface area (TPSA) is 61.0 Å². The molecule has 3 heterocycles. The molecule has 2 amide bonds. The van der Waals surface area contributed by atoms with Crippen molar-refractivity contribution in [3.63, 3.8) is 0 Å². The number of aromatic nitrogens is 2. The van der Waals surface area contributed by atoms with Gasteiger partial charge in [-0.05, 0) is 30.7 Å². The summed E-state index contributed by atoms with van der Waals surface area (Å²) in [4.78, 5) is 22.9. The maximum absolute atomic E-state index is 12.5. The van der Waals surface area contributed by atoms with Gasteiger partial charge in [0.15, 0.2) is 0 Å². The van der Waals surface area contributed by atoms with Crippen molar-refractivity contribution in [2.75, 3.05) is 13.1 Å². The van der Waals surface area contributed by atoms with Crippen LogP contribution in [0.1, 0.15) is 48.7 Å². The number of urea groups is 1. The summed E-state index contributed by atoms with van der Waals surface area (Å²) < 4.78 is 0. The van der Waals surface area contributed by atoms with Crippen molar-refractivity contribution in [3.8, 4) is 0 Å². The van der Waals surface area contributed by atoms with Crippen LogP contribution < -0.4 is 5.32 Å². The number of nitrogens with one attached hydrogen (secondary N) is 2. The predicted octanol–water partition coefficient (Wildman–Crippen LogP) is 3.51.